The molecule has 2 amide bonds. The smallest absolute Gasteiger partial charge is 0.321 e. The zero-order valence-electron chi connectivity index (χ0n) is 12.2. The van der Waals surface area contributed by atoms with E-state index in [2.05, 4.69) is 15.3 Å². The number of para-hydroxylation sites is 1. The molecular formula is C16H16N4OS. The maximum absolute atomic E-state index is 12.3. The number of likely N-dealkylation sites (N-methyl/N-ethyl adjacent to an activating group) is 1. The lowest BCUT2D eigenvalue weighted by Gasteiger charge is -2.17. The topological polar surface area (TPSA) is 58.1 Å². The molecule has 1 aromatic carbocycles. The van der Waals surface area contributed by atoms with Gasteiger partial charge in [-0.25, -0.2) is 9.78 Å². The molecule has 0 radical (unpaired) electrons. The third-order valence-electron chi connectivity index (χ3n) is 3.37. The molecule has 0 atom stereocenters. The Labute approximate surface area is 132 Å². The average Bonchev–Trinajstić information content (AvgIpc) is 3.06. The van der Waals surface area contributed by atoms with Gasteiger partial charge in [0.2, 0.25) is 0 Å². The Morgan fingerprint density at radius 3 is 2.91 bits per heavy atom. The van der Waals surface area contributed by atoms with Crippen LogP contribution < -0.4 is 5.32 Å². The van der Waals surface area contributed by atoms with Crippen molar-refractivity contribution in [3.63, 3.8) is 0 Å². The summed E-state index contributed by atoms with van der Waals surface area (Å²) >= 11 is 1.60. The van der Waals surface area contributed by atoms with Crippen LogP contribution in [0.3, 0.4) is 0 Å². The number of nitrogens with one attached hydrogen (secondary N) is 1. The van der Waals surface area contributed by atoms with Crippen LogP contribution in [0, 0.1) is 0 Å². The van der Waals surface area contributed by atoms with Gasteiger partial charge < -0.3 is 10.2 Å². The van der Waals surface area contributed by atoms with Crippen molar-refractivity contribution >= 4 is 34.0 Å². The van der Waals surface area contributed by atoms with Crippen LogP contribution in [0.4, 0.5) is 10.5 Å². The monoisotopic (exact) mass is 312 g/mol. The summed E-state index contributed by atoms with van der Waals surface area (Å²) in [5.74, 6) is 0. The molecule has 112 valence electrons. The first-order valence-corrected chi connectivity index (χ1v) is 7.86. The number of anilines is 1. The summed E-state index contributed by atoms with van der Waals surface area (Å²) < 4.78 is 0. The highest BCUT2D eigenvalue weighted by atomic mass is 32.1. The predicted octanol–water partition coefficient (Wildman–Crippen LogP) is 3.40. The second kappa shape index (κ2) is 6.53. The number of pyridine rings is 1. The molecule has 0 saturated carbocycles. The molecule has 5 nitrogen and oxygen atoms in total. The fourth-order valence-corrected chi connectivity index (χ4v) is 2.77. The molecule has 0 aliphatic carbocycles. The van der Waals surface area contributed by atoms with Crippen LogP contribution in [0.1, 0.15) is 5.01 Å². The van der Waals surface area contributed by atoms with Crippen molar-refractivity contribution in [2.45, 2.75) is 6.42 Å². The summed E-state index contributed by atoms with van der Waals surface area (Å²) in [6, 6.07) is 9.47. The van der Waals surface area contributed by atoms with Crippen LogP contribution in [0.5, 0.6) is 0 Å². The van der Waals surface area contributed by atoms with Crippen LogP contribution in [-0.2, 0) is 6.42 Å². The number of aromatic nitrogens is 2. The number of carbonyl (C=O) groups excluding carboxylic acids is 1. The van der Waals surface area contributed by atoms with E-state index in [-0.39, 0.29) is 6.03 Å². The molecule has 0 saturated heterocycles. The molecule has 1 N–H and O–H groups in total. The highest BCUT2D eigenvalue weighted by Gasteiger charge is 2.11. The first kappa shape index (κ1) is 14.5. The van der Waals surface area contributed by atoms with Crippen LogP contribution >= 0.6 is 11.3 Å². The van der Waals surface area contributed by atoms with Gasteiger partial charge in [-0.1, -0.05) is 18.2 Å². The lowest BCUT2D eigenvalue weighted by Crippen LogP contribution is -2.33. The molecule has 0 aliphatic rings. The maximum Gasteiger partial charge on any atom is 0.321 e. The second-order valence-corrected chi connectivity index (χ2v) is 5.89. The first-order valence-electron chi connectivity index (χ1n) is 6.98. The molecule has 22 heavy (non-hydrogen) atoms. The summed E-state index contributed by atoms with van der Waals surface area (Å²) in [4.78, 5) is 22.5. The molecule has 3 rings (SSSR count). The third-order valence-corrected chi connectivity index (χ3v) is 4.20. The highest BCUT2D eigenvalue weighted by molar-refractivity contribution is 7.09. The van der Waals surface area contributed by atoms with Gasteiger partial charge in [0.15, 0.2) is 0 Å². The van der Waals surface area contributed by atoms with Crippen molar-refractivity contribution in [2.75, 3.05) is 18.9 Å². The molecule has 0 spiro atoms. The van der Waals surface area contributed by atoms with Crippen LogP contribution in [-0.4, -0.2) is 34.5 Å². The molecule has 3 aromatic rings. The number of benzene rings is 1. The van der Waals surface area contributed by atoms with Gasteiger partial charge in [0.1, 0.15) is 0 Å². The zero-order chi connectivity index (χ0) is 15.4. The molecular weight excluding hydrogens is 296 g/mol. The molecule has 2 aromatic heterocycles. The van der Waals surface area contributed by atoms with Gasteiger partial charge in [0.05, 0.1) is 16.2 Å². The Hall–Kier alpha value is -2.47. The van der Waals surface area contributed by atoms with Gasteiger partial charge in [-0.15, -0.1) is 11.3 Å². The molecule has 6 heteroatoms. The molecule has 2 heterocycles. The largest absolute Gasteiger partial charge is 0.327 e. The highest BCUT2D eigenvalue weighted by Crippen LogP contribution is 2.20. The van der Waals surface area contributed by atoms with Gasteiger partial charge >= 0.3 is 6.03 Å². The van der Waals surface area contributed by atoms with Crippen molar-refractivity contribution in [1.29, 1.82) is 0 Å². The number of amides is 2. The Kier molecular flexibility index (Phi) is 4.29. The summed E-state index contributed by atoms with van der Waals surface area (Å²) in [5, 5.41) is 6.90. The van der Waals surface area contributed by atoms with Crippen LogP contribution in [0.2, 0.25) is 0 Å². The average molecular weight is 312 g/mol. The normalized spacial score (nSPS) is 10.6. The number of carbonyl (C=O) groups is 1. The first-order chi connectivity index (χ1) is 10.7. The third kappa shape index (κ3) is 3.23. The molecule has 0 fully saturated rings. The Bertz CT molecular complexity index is 767. The van der Waals surface area contributed by atoms with Crippen molar-refractivity contribution < 1.29 is 4.79 Å². The Morgan fingerprint density at radius 2 is 2.09 bits per heavy atom. The van der Waals surface area contributed by atoms with Gasteiger partial charge in [0.25, 0.3) is 0 Å². The quantitative estimate of drug-likeness (QED) is 0.803. The van der Waals surface area contributed by atoms with E-state index in [0.29, 0.717) is 6.54 Å². The minimum absolute atomic E-state index is 0.144. The minimum atomic E-state index is -0.144. The number of nitrogens with zero attached hydrogens (tertiary/aromatic N) is 3. The summed E-state index contributed by atoms with van der Waals surface area (Å²) in [6.45, 7) is 0.623. The fourth-order valence-electron chi connectivity index (χ4n) is 2.16. The standard InChI is InChI=1S/C16H16N4OS/c1-20(10-7-14-17-9-11-22-14)16(21)19-13-6-2-4-12-5-3-8-18-15(12)13/h2-6,8-9,11H,7,10H2,1H3,(H,19,21). The molecule has 0 aliphatic heterocycles. The van der Waals surface area contributed by atoms with Crippen molar-refractivity contribution in [1.82, 2.24) is 14.9 Å². The Balaban J connectivity index is 1.67. The summed E-state index contributed by atoms with van der Waals surface area (Å²) in [5.41, 5.74) is 1.52. The second-order valence-electron chi connectivity index (χ2n) is 4.91. The van der Waals surface area contributed by atoms with Crippen LogP contribution in [0.25, 0.3) is 10.9 Å². The van der Waals surface area contributed by atoms with Gasteiger partial charge in [0, 0.05) is 43.2 Å². The van der Waals surface area contributed by atoms with Gasteiger partial charge in [-0.2, -0.15) is 0 Å². The lowest BCUT2D eigenvalue weighted by molar-refractivity contribution is 0.223. The van der Waals surface area contributed by atoms with E-state index in [0.717, 1.165) is 28.0 Å². The minimum Gasteiger partial charge on any atom is -0.327 e. The fraction of sp³-hybridized carbons (Fsp3) is 0.188. The van der Waals surface area contributed by atoms with E-state index in [1.807, 2.05) is 35.7 Å². The number of thiazole rings is 1. The number of fused-ring (bicyclic) bond motifs is 1. The van der Waals surface area contributed by atoms with E-state index < -0.39 is 0 Å². The van der Waals surface area contributed by atoms with Crippen molar-refractivity contribution in [2.24, 2.45) is 0 Å². The summed E-state index contributed by atoms with van der Waals surface area (Å²) in [6.07, 6.45) is 4.27. The van der Waals surface area contributed by atoms with Crippen LogP contribution in [0.15, 0.2) is 48.1 Å². The number of hydrogen-bond donors (Lipinski definition) is 1. The van der Waals surface area contributed by atoms with E-state index in [1.165, 1.54) is 0 Å². The summed E-state index contributed by atoms with van der Waals surface area (Å²) in [7, 11) is 1.78. The van der Waals surface area contributed by atoms with E-state index in [4.69, 9.17) is 0 Å². The van der Waals surface area contributed by atoms with E-state index >= 15 is 0 Å². The number of rotatable bonds is 4. The lowest BCUT2D eigenvalue weighted by atomic mass is 10.2. The Morgan fingerprint density at radius 1 is 1.23 bits per heavy atom. The van der Waals surface area contributed by atoms with Crippen molar-refractivity contribution in [3.8, 4) is 0 Å². The van der Waals surface area contributed by atoms with E-state index in [1.54, 1.807) is 35.7 Å². The molecule has 0 bridgehead atoms. The van der Waals surface area contributed by atoms with E-state index in [9.17, 15) is 4.79 Å². The molecule has 0 unspecified atom stereocenters. The predicted molar refractivity (Wildman–Crippen MR) is 89.2 cm³/mol. The van der Waals surface area contributed by atoms with Crippen molar-refractivity contribution in [3.05, 3.63) is 53.1 Å². The van der Waals surface area contributed by atoms with Gasteiger partial charge in [-0.3, -0.25) is 4.98 Å². The van der Waals surface area contributed by atoms with Gasteiger partial charge in [-0.05, 0) is 12.1 Å². The maximum atomic E-state index is 12.3. The number of urea groups is 1. The zero-order valence-corrected chi connectivity index (χ0v) is 13.0. The number of hydrogen-bond acceptors (Lipinski definition) is 4. The SMILES string of the molecule is CN(CCc1nccs1)C(=O)Nc1cccc2cccnc12.